The van der Waals surface area contributed by atoms with Crippen LogP contribution in [0.5, 0.6) is 5.75 Å². The van der Waals surface area contributed by atoms with Crippen LogP contribution in [0.3, 0.4) is 0 Å². The predicted molar refractivity (Wildman–Crippen MR) is 59.7 cm³/mol. The second-order valence-electron chi connectivity index (χ2n) is 4.67. The summed E-state index contributed by atoms with van der Waals surface area (Å²) in [5.41, 5.74) is 1.24. The molecule has 0 radical (unpaired) electrons. The SMILES string of the molecule is CN(C)CC(C)(C)c1cccc(O)c1. The van der Waals surface area contributed by atoms with Crippen LogP contribution in [0.1, 0.15) is 19.4 Å². The van der Waals surface area contributed by atoms with Gasteiger partial charge in [-0.25, -0.2) is 0 Å². The monoisotopic (exact) mass is 193 g/mol. The molecule has 1 aromatic rings. The van der Waals surface area contributed by atoms with Crippen LogP contribution in [0.2, 0.25) is 0 Å². The van der Waals surface area contributed by atoms with Crippen LogP contribution < -0.4 is 0 Å². The minimum absolute atomic E-state index is 0.0717. The first-order chi connectivity index (χ1) is 6.42. The van der Waals surface area contributed by atoms with E-state index < -0.39 is 0 Å². The summed E-state index contributed by atoms with van der Waals surface area (Å²) in [4.78, 5) is 2.16. The van der Waals surface area contributed by atoms with E-state index in [9.17, 15) is 5.11 Å². The summed E-state index contributed by atoms with van der Waals surface area (Å²) in [7, 11) is 4.12. The molecule has 1 rings (SSSR count). The fraction of sp³-hybridized carbons (Fsp3) is 0.500. The van der Waals surface area contributed by atoms with Gasteiger partial charge in [0.1, 0.15) is 5.75 Å². The number of benzene rings is 1. The minimum atomic E-state index is 0.0717. The Morgan fingerprint density at radius 1 is 1.29 bits per heavy atom. The van der Waals surface area contributed by atoms with Crippen LogP contribution >= 0.6 is 0 Å². The summed E-state index contributed by atoms with van der Waals surface area (Å²) >= 11 is 0. The van der Waals surface area contributed by atoms with Crippen molar-refractivity contribution in [2.24, 2.45) is 0 Å². The Morgan fingerprint density at radius 3 is 2.43 bits per heavy atom. The largest absolute Gasteiger partial charge is 0.508 e. The topological polar surface area (TPSA) is 23.5 Å². The van der Waals surface area contributed by atoms with Gasteiger partial charge in [-0.15, -0.1) is 0 Å². The molecule has 0 aliphatic heterocycles. The lowest BCUT2D eigenvalue weighted by atomic mass is 9.84. The van der Waals surface area contributed by atoms with Crippen LogP contribution in [0.15, 0.2) is 24.3 Å². The van der Waals surface area contributed by atoms with Gasteiger partial charge in [0.15, 0.2) is 0 Å². The molecule has 0 atom stereocenters. The van der Waals surface area contributed by atoms with E-state index in [4.69, 9.17) is 0 Å². The molecule has 0 aliphatic carbocycles. The van der Waals surface area contributed by atoms with Crippen molar-refractivity contribution < 1.29 is 5.11 Å². The van der Waals surface area contributed by atoms with Crippen molar-refractivity contribution in [2.45, 2.75) is 19.3 Å². The van der Waals surface area contributed by atoms with Crippen LogP contribution in [-0.2, 0) is 5.41 Å². The highest BCUT2D eigenvalue weighted by atomic mass is 16.3. The fourth-order valence-corrected chi connectivity index (χ4v) is 1.81. The van der Waals surface area contributed by atoms with Crippen LogP contribution in [0.4, 0.5) is 0 Å². The second-order valence-corrected chi connectivity index (χ2v) is 4.67. The van der Waals surface area contributed by atoms with E-state index in [2.05, 4.69) is 38.9 Å². The molecule has 0 unspecified atom stereocenters. The van der Waals surface area contributed by atoms with Gasteiger partial charge < -0.3 is 10.0 Å². The standard InChI is InChI=1S/C12H19NO/c1-12(2,9-13(3)4)10-6-5-7-11(14)8-10/h5-8,14H,9H2,1-4H3. The van der Waals surface area contributed by atoms with Crippen molar-refractivity contribution in [1.82, 2.24) is 4.90 Å². The highest BCUT2D eigenvalue weighted by molar-refractivity contribution is 5.32. The zero-order chi connectivity index (χ0) is 10.8. The second kappa shape index (κ2) is 4.01. The zero-order valence-electron chi connectivity index (χ0n) is 9.41. The van der Waals surface area contributed by atoms with Crippen molar-refractivity contribution in [2.75, 3.05) is 20.6 Å². The molecule has 1 aromatic carbocycles. The lowest BCUT2D eigenvalue weighted by Gasteiger charge is -2.28. The Kier molecular flexibility index (Phi) is 3.17. The van der Waals surface area contributed by atoms with Gasteiger partial charge in [0.05, 0.1) is 0 Å². The molecule has 2 nitrogen and oxygen atoms in total. The third-order valence-corrected chi connectivity index (χ3v) is 2.34. The lowest BCUT2D eigenvalue weighted by Crippen LogP contribution is -2.32. The molecule has 0 heterocycles. The summed E-state index contributed by atoms with van der Waals surface area (Å²) in [6.07, 6.45) is 0. The van der Waals surface area contributed by atoms with Gasteiger partial charge in [0, 0.05) is 12.0 Å². The first-order valence-electron chi connectivity index (χ1n) is 4.86. The molecule has 0 fully saturated rings. The maximum atomic E-state index is 9.40. The maximum absolute atomic E-state index is 9.40. The summed E-state index contributed by atoms with van der Waals surface area (Å²) in [6.45, 7) is 5.33. The Labute approximate surface area is 86.2 Å². The first-order valence-corrected chi connectivity index (χ1v) is 4.86. The zero-order valence-corrected chi connectivity index (χ0v) is 9.41. The number of hydrogen-bond donors (Lipinski definition) is 1. The number of phenols is 1. The van der Waals surface area contributed by atoms with Crippen LogP contribution in [0.25, 0.3) is 0 Å². The van der Waals surface area contributed by atoms with E-state index >= 15 is 0 Å². The van der Waals surface area contributed by atoms with Gasteiger partial charge in [-0.3, -0.25) is 0 Å². The highest BCUT2D eigenvalue weighted by Gasteiger charge is 2.21. The average Bonchev–Trinajstić information content (AvgIpc) is 2.01. The van der Waals surface area contributed by atoms with Gasteiger partial charge in [-0.2, -0.15) is 0 Å². The summed E-state index contributed by atoms with van der Waals surface area (Å²) in [5.74, 6) is 0.342. The molecule has 0 saturated heterocycles. The van der Waals surface area contributed by atoms with Crippen molar-refractivity contribution in [3.63, 3.8) is 0 Å². The Bertz CT molecular complexity index is 305. The van der Waals surface area contributed by atoms with E-state index in [1.165, 1.54) is 5.56 Å². The predicted octanol–water partition coefficient (Wildman–Crippen LogP) is 2.23. The first kappa shape index (κ1) is 11.1. The van der Waals surface area contributed by atoms with Gasteiger partial charge in [0.2, 0.25) is 0 Å². The third kappa shape index (κ3) is 2.74. The van der Waals surface area contributed by atoms with E-state index in [1.54, 1.807) is 6.07 Å². The van der Waals surface area contributed by atoms with Gasteiger partial charge >= 0.3 is 0 Å². The summed E-state index contributed by atoms with van der Waals surface area (Å²) < 4.78 is 0. The molecule has 2 heteroatoms. The molecule has 0 aromatic heterocycles. The molecule has 0 aliphatic rings. The van der Waals surface area contributed by atoms with E-state index in [0.717, 1.165) is 6.54 Å². The number of nitrogens with zero attached hydrogens (tertiary/aromatic N) is 1. The Morgan fingerprint density at radius 2 is 1.93 bits per heavy atom. The number of phenolic OH excluding ortho intramolecular Hbond substituents is 1. The summed E-state index contributed by atoms with van der Waals surface area (Å²) in [6, 6.07) is 7.49. The molecular weight excluding hydrogens is 174 g/mol. The van der Waals surface area contributed by atoms with Crippen LogP contribution in [0, 0.1) is 0 Å². The van der Waals surface area contributed by atoms with Gasteiger partial charge in [-0.05, 0) is 31.8 Å². The number of likely N-dealkylation sites (N-methyl/N-ethyl adjacent to an activating group) is 1. The fourth-order valence-electron chi connectivity index (χ4n) is 1.81. The normalized spacial score (nSPS) is 12.1. The third-order valence-electron chi connectivity index (χ3n) is 2.34. The number of rotatable bonds is 3. The smallest absolute Gasteiger partial charge is 0.115 e. The highest BCUT2D eigenvalue weighted by Crippen LogP contribution is 2.26. The average molecular weight is 193 g/mol. The number of hydrogen-bond acceptors (Lipinski definition) is 2. The minimum Gasteiger partial charge on any atom is -0.508 e. The summed E-state index contributed by atoms with van der Waals surface area (Å²) in [5, 5.41) is 9.40. The van der Waals surface area contributed by atoms with Crippen molar-refractivity contribution in [3.05, 3.63) is 29.8 Å². The molecule has 1 N–H and O–H groups in total. The van der Waals surface area contributed by atoms with Gasteiger partial charge in [-0.1, -0.05) is 26.0 Å². The van der Waals surface area contributed by atoms with Crippen LogP contribution in [-0.4, -0.2) is 30.6 Å². The Hall–Kier alpha value is -1.02. The lowest BCUT2D eigenvalue weighted by molar-refractivity contribution is 0.314. The van der Waals surface area contributed by atoms with Gasteiger partial charge in [0.25, 0.3) is 0 Å². The van der Waals surface area contributed by atoms with Crippen molar-refractivity contribution >= 4 is 0 Å². The number of aromatic hydroxyl groups is 1. The maximum Gasteiger partial charge on any atom is 0.115 e. The van der Waals surface area contributed by atoms with E-state index in [0.29, 0.717) is 5.75 Å². The molecule has 78 valence electrons. The molecular formula is C12H19NO. The molecule has 14 heavy (non-hydrogen) atoms. The quantitative estimate of drug-likeness (QED) is 0.795. The van der Waals surface area contributed by atoms with E-state index in [1.807, 2.05) is 12.1 Å². The molecule has 0 amide bonds. The Balaban J connectivity index is 2.91. The molecule has 0 saturated carbocycles. The molecule has 0 spiro atoms. The van der Waals surface area contributed by atoms with Crippen molar-refractivity contribution in [1.29, 1.82) is 0 Å². The van der Waals surface area contributed by atoms with Crippen molar-refractivity contribution in [3.8, 4) is 5.75 Å². The van der Waals surface area contributed by atoms with E-state index in [-0.39, 0.29) is 5.41 Å². The molecule has 0 bridgehead atoms.